The van der Waals surface area contributed by atoms with Crippen molar-refractivity contribution in [3.63, 3.8) is 0 Å². The van der Waals surface area contributed by atoms with Crippen LogP contribution in [0.4, 0.5) is 0 Å². The van der Waals surface area contributed by atoms with E-state index in [0.29, 0.717) is 0 Å². The molecule has 164 valence electrons. The average molecular weight is 516 g/mol. The van der Waals surface area contributed by atoms with Crippen molar-refractivity contribution in [2.45, 2.75) is 35.1 Å². The lowest BCUT2D eigenvalue weighted by Crippen LogP contribution is -2.76. The van der Waals surface area contributed by atoms with Crippen LogP contribution in [0.5, 0.6) is 0 Å². The summed E-state index contributed by atoms with van der Waals surface area (Å²) in [6.45, 7) is 5.65. The van der Waals surface area contributed by atoms with Gasteiger partial charge in [0.15, 0.2) is 16.1 Å². The van der Waals surface area contributed by atoms with E-state index in [1.54, 1.807) is 0 Å². The van der Waals surface area contributed by atoms with Gasteiger partial charge in [-0.25, -0.2) is 9.00 Å². The number of ether oxygens (including phenoxy) is 1. The number of nitrogens with zero attached hydrogens (tertiary/aromatic N) is 1. The van der Waals surface area contributed by atoms with E-state index in [4.69, 9.17) is 50.2 Å². The molecule has 0 saturated carbocycles. The Kier molecular flexibility index (Phi) is 7.85. The van der Waals surface area contributed by atoms with Crippen molar-refractivity contribution in [3.8, 4) is 11.1 Å². The molecule has 3 unspecified atom stereocenters. The zero-order valence-electron chi connectivity index (χ0n) is 15.9. The van der Waals surface area contributed by atoms with E-state index in [1.165, 1.54) is 18.1 Å². The Bertz CT molecular complexity index is 903. The van der Waals surface area contributed by atoms with Gasteiger partial charge < -0.3 is 10.1 Å². The van der Waals surface area contributed by atoms with Crippen molar-refractivity contribution in [2.75, 3.05) is 6.61 Å². The number of amides is 2. The standard InChI is InChI=1S/C12H14Cl4N2O5S.C6H4/c1-6(2)9(10(21)23-5-11(13,14)15)18-8(20)4-12(18,24(16)22)17-7(3)19;1-2-5-4-6(5)3-1/h9H,1,4-5H2,2-3H3,(H,17,19);1-4H. The van der Waals surface area contributed by atoms with Crippen molar-refractivity contribution in [2.24, 2.45) is 0 Å². The van der Waals surface area contributed by atoms with Crippen molar-refractivity contribution >= 4 is 73.3 Å². The van der Waals surface area contributed by atoms with E-state index in [1.807, 2.05) is 0 Å². The van der Waals surface area contributed by atoms with Gasteiger partial charge in [0.25, 0.3) is 0 Å². The van der Waals surface area contributed by atoms with Crippen LogP contribution in [0.15, 0.2) is 36.4 Å². The molecule has 2 aliphatic carbocycles. The zero-order valence-corrected chi connectivity index (χ0v) is 19.8. The van der Waals surface area contributed by atoms with Gasteiger partial charge in [0.1, 0.15) is 6.61 Å². The number of hydrogen-bond donors (Lipinski definition) is 1. The number of likely N-dealkylation sites (tertiary alicyclic amines) is 1. The molecule has 0 spiro atoms. The summed E-state index contributed by atoms with van der Waals surface area (Å²) in [4.78, 5) is 34.9. The number of hydrogen-bond acceptors (Lipinski definition) is 5. The number of alkyl halides is 3. The molecule has 7 nitrogen and oxygen atoms in total. The molecule has 1 heterocycles. The molecular weight excluding hydrogens is 498 g/mol. The highest BCUT2D eigenvalue weighted by Gasteiger charge is 2.61. The predicted molar refractivity (Wildman–Crippen MR) is 117 cm³/mol. The first-order valence-electron chi connectivity index (χ1n) is 8.47. The molecule has 3 rings (SSSR count). The van der Waals surface area contributed by atoms with Crippen LogP contribution in [0.2, 0.25) is 0 Å². The van der Waals surface area contributed by atoms with Crippen LogP contribution in [0, 0.1) is 0 Å². The van der Waals surface area contributed by atoms with Crippen molar-refractivity contribution < 1.29 is 23.3 Å². The highest BCUT2D eigenvalue weighted by atomic mass is 35.7. The second kappa shape index (κ2) is 9.44. The van der Waals surface area contributed by atoms with E-state index >= 15 is 0 Å². The number of esters is 1. The second-order valence-corrected chi connectivity index (χ2v) is 11.2. The van der Waals surface area contributed by atoms with Gasteiger partial charge >= 0.3 is 5.97 Å². The third-order valence-electron chi connectivity index (χ3n) is 4.12. The van der Waals surface area contributed by atoms with Gasteiger partial charge in [0.05, 0.1) is 6.42 Å². The van der Waals surface area contributed by atoms with Crippen LogP contribution in [0.1, 0.15) is 20.3 Å². The van der Waals surface area contributed by atoms with Gasteiger partial charge in [-0.3, -0.25) is 14.5 Å². The molecule has 30 heavy (non-hydrogen) atoms. The Hall–Kier alpha value is -1.32. The van der Waals surface area contributed by atoms with Crippen molar-refractivity contribution in [1.29, 1.82) is 0 Å². The van der Waals surface area contributed by atoms with Gasteiger partial charge in [-0.15, -0.1) is 0 Å². The second-order valence-electron chi connectivity index (χ2n) is 6.68. The molecule has 0 aromatic heterocycles. The Labute approximate surface area is 195 Å². The Balaban J connectivity index is 0.000000443. The maximum absolute atomic E-state index is 12.3. The first-order chi connectivity index (χ1) is 13.8. The molecule has 1 N–H and O–H groups in total. The van der Waals surface area contributed by atoms with E-state index < -0.39 is 49.2 Å². The third-order valence-corrected chi connectivity index (χ3v) is 6.19. The highest BCUT2D eigenvalue weighted by Crippen LogP contribution is 2.39. The van der Waals surface area contributed by atoms with Gasteiger partial charge in [-0.2, -0.15) is 0 Å². The molecule has 3 aliphatic rings. The van der Waals surface area contributed by atoms with Gasteiger partial charge in [-0.1, -0.05) is 59.6 Å². The molecule has 1 aliphatic heterocycles. The smallest absolute Gasteiger partial charge is 0.333 e. The predicted octanol–water partition coefficient (Wildman–Crippen LogP) is 3.44. The molecule has 12 heteroatoms. The summed E-state index contributed by atoms with van der Waals surface area (Å²) in [7, 11) is 3.45. The number of carbonyl (C=O) groups excluding carboxylic acids is 3. The monoisotopic (exact) mass is 514 g/mol. The number of fused-ring (bicyclic) bond motifs is 1. The summed E-state index contributed by atoms with van der Waals surface area (Å²) in [6.07, 6.45) is -0.343. The summed E-state index contributed by atoms with van der Waals surface area (Å²) in [6, 6.07) is 7.13. The van der Waals surface area contributed by atoms with Crippen molar-refractivity contribution in [3.05, 3.63) is 36.4 Å². The number of nitrogens with one attached hydrogen (secondary N) is 1. The lowest BCUT2D eigenvalue weighted by atomic mass is 10.00. The normalized spacial score (nSPS) is 20.7. The molecule has 0 aromatic rings. The summed E-state index contributed by atoms with van der Waals surface area (Å²) >= 11 is 16.6. The molecule has 3 atom stereocenters. The van der Waals surface area contributed by atoms with Gasteiger partial charge in [0, 0.05) is 6.92 Å². The minimum atomic E-state index is -2.21. The number of β-lactam (4-membered cyclic amide) rings is 1. The lowest BCUT2D eigenvalue weighted by molar-refractivity contribution is -0.168. The number of benzene rings is 1. The molecular formula is C18H18Cl4N2O5S. The van der Waals surface area contributed by atoms with E-state index in [0.717, 1.165) is 11.8 Å². The quantitative estimate of drug-likeness (QED) is 0.209. The minimum Gasteiger partial charge on any atom is -0.459 e. The van der Waals surface area contributed by atoms with Crippen LogP contribution in [-0.4, -0.2) is 48.3 Å². The first-order valence-corrected chi connectivity index (χ1v) is 11.6. The fourth-order valence-corrected chi connectivity index (χ4v) is 4.32. The van der Waals surface area contributed by atoms with E-state index in [-0.39, 0.29) is 12.0 Å². The van der Waals surface area contributed by atoms with Gasteiger partial charge in [-0.05, 0) is 40.4 Å². The first kappa shape index (κ1) is 24.9. The van der Waals surface area contributed by atoms with Gasteiger partial charge in [0.2, 0.25) is 20.6 Å². The van der Waals surface area contributed by atoms with Crippen LogP contribution in [0.25, 0.3) is 11.1 Å². The van der Waals surface area contributed by atoms with Crippen LogP contribution < -0.4 is 5.32 Å². The molecule has 1 fully saturated rings. The highest BCUT2D eigenvalue weighted by molar-refractivity contribution is 8.09. The Morgan fingerprint density at radius 2 is 1.90 bits per heavy atom. The van der Waals surface area contributed by atoms with E-state index in [9.17, 15) is 18.6 Å². The van der Waals surface area contributed by atoms with Crippen molar-refractivity contribution in [1.82, 2.24) is 10.2 Å². The largest absolute Gasteiger partial charge is 0.459 e. The fourth-order valence-electron chi connectivity index (χ4n) is 2.83. The number of carbonyl (C=O) groups is 3. The topological polar surface area (TPSA) is 92.8 Å². The van der Waals surface area contributed by atoms with Crippen LogP contribution >= 0.6 is 45.5 Å². The van der Waals surface area contributed by atoms with E-state index in [2.05, 4.69) is 36.2 Å². The maximum atomic E-state index is 12.3. The van der Waals surface area contributed by atoms with Crippen LogP contribution in [-0.2, 0) is 29.1 Å². The molecule has 0 bridgehead atoms. The third kappa shape index (κ3) is 5.88. The summed E-state index contributed by atoms with van der Waals surface area (Å²) in [5.74, 6) is -2.12. The summed E-state index contributed by atoms with van der Waals surface area (Å²) in [5, 5.41) is 2.34. The minimum absolute atomic E-state index is 0.189. The molecule has 2 amide bonds. The molecule has 0 radical (unpaired) electrons. The Morgan fingerprint density at radius 3 is 2.20 bits per heavy atom. The average Bonchev–Trinajstić information content (AvgIpc) is 3.20. The fraction of sp³-hybridized carbons (Fsp3) is 0.389. The number of rotatable bonds is 6. The lowest BCUT2D eigenvalue weighted by Gasteiger charge is -2.51. The molecule has 1 saturated heterocycles. The maximum Gasteiger partial charge on any atom is 0.333 e. The number of halogens is 4. The SMILES string of the molecule is C=C(C)C(C(=O)OCC(Cl)(Cl)Cl)N1C(=O)CC1(NC(C)=O)S(=O)Cl.c1cc2cc-2c1. The summed E-state index contributed by atoms with van der Waals surface area (Å²) < 4.78 is 14.9. The Morgan fingerprint density at radius 1 is 1.33 bits per heavy atom. The zero-order chi connectivity index (χ0) is 22.9. The van der Waals surface area contributed by atoms with Crippen LogP contribution in [0.3, 0.4) is 0 Å². The molecule has 0 aromatic carbocycles. The summed E-state index contributed by atoms with van der Waals surface area (Å²) in [5.41, 5.74) is 3.04.